The molecule has 3 rings (SSSR count). The fourth-order valence-corrected chi connectivity index (χ4v) is 2.27. The van der Waals surface area contributed by atoms with E-state index in [-0.39, 0.29) is 5.28 Å². The zero-order chi connectivity index (χ0) is 12.9. The third-order valence-corrected chi connectivity index (χ3v) is 3.15. The summed E-state index contributed by atoms with van der Waals surface area (Å²) in [4.78, 5) is 4.26. The number of rotatable bonds is 0. The molecular weight excluding hydrogens is 250 g/mol. The van der Waals surface area contributed by atoms with Crippen LogP contribution in [-0.2, 0) is 5.60 Å². The van der Waals surface area contributed by atoms with Crippen molar-refractivity contribution < 1.29 is 4.74 Å². The topological polar surface area (TPSA) is 47.9 Å². The first-order valence-electron chi connectivity index (χ1n) is 5.68. The van der Waals surface area contributed by atoms with Crippen molar-refractivity contribution in [3.63, 3.8) is 0 Å². The van der Waals surface area contributed by atoms with Crippen molar-refractivity contribution in [1.82, 2.24) is 15.2 Å². The summed E-state index contributed by atoms with van der Waals surface area (Å²) in [6, 6.07) is 5.98. The Morgan fingerprint density at radius 3 is 2.78 bits per heavy atom. The second-order valence-corrected chi connectivity index (χ2v) is 5.23. The number of ether oxygens (including phenoxy) is 1. The Balaban J connectivity index is 2.33. The summed E-state index contributed by atoms with van der Waals surface area (Å²) in [5.41, 5.74) is 2.97. The molecule has 5 heteroatoms. The molecule has 1 aromatic heterocycles. The molecule has 0 spiro atoms. The molecule has 1 aliphatic rings. The van der Waals surface area contributed by atoms with Gasteiger partial charge in [-0.25, -0.2) is 4.98 Å². The Labute approximate surface area is 110 Å². The molecule has 0 radical (unpaired) electrons. The van der Waals surface area contributed by atoms with Gasteiger partial charge in [0.25, 0.3) is 0 Å². The first-order valence-corrected chi connectivity index (χ1v) is 6.06. The van der Waals surface area contributed by atoms with Gasteiger partial charge in [0.05, 0.1) is 0 Å². The van der Waals surface area contributed by atoms with E-state index in [9.17, 15) is 0 Å². The summed E-state index contributed by atoms with van der Waals surface area (Å²) in [7, 11) is 0. The number of hydrogen-bond donors (Lipinski definition) is 0. The molecule has 0 bridgehead atoms. The first kappa shape index (κ1) is 11.4. The van der Waals surface area contributed by atoms with Crippen LogP contribution >= 0.6 is 11.6 Å². The van der Waals surface area contributed by atoms with Crippen LogP contribution in [0.15, 0.2) is 18.2 Å². The Morgan fingerprint density at radius 1 is 1.22 bits per heavy atom. The van der Waals surface area contributed by atoms with Gasteiger partial charge in [0.2, 0.25) is 5.28 Å². The highest BCUT2D eigenvalue weighted by molar-refractivity contribution is 6.28. The minimum atomic E-state index is -0.558. The largest absolute Gasteiger partial charge is 0.481 e. The molecule has 2 heterocycles. The molecule has 0 amide bonds. The molecule has 4 nitrogen and oxygen atoms in total. The van der Waals surface area contributed by atoms with Crippen LogP contribution in [-0.4, -0.2) is 15.2 Å². The molecular formula is C13H12ClN3O. The predicted octanol–water partition coefficient (Wildman–Crippen LogP) is 3.13. The third kappa shape index (κ3) is 1.64. The van der Waals surface area contributed by atoms with Crippen molar-refractivity contribution in [3.05, 3.63) is 34.7 Å². The van der Waals surface area contributed by atoms with Crippen molar-refractivity contribution >= 4 is 11.6 Å². The first-order chi connectivity index (χ1) is 8.47. The van der Waals surface area contributed by atoms with Gasteiger partial charge in [-0.3, -0.25) is 0 Å². The molecule has 0 saturated heterocycles. The van der Waals surface area contributed by atoms with E-state index < -0.39 is 5.60 Å². The number of fused-ring (bicyclic) bond motifs is 3. The summed E-state index contributed by atoms with van der Waals surface area (Å²) >= 11 is 5.82. The fraction of sp³-hybridized carbons (Fsp3) is 0.308. The average molecular weight is 262 g/mol. The minimum absolute atomic E-state index is 0.140. The predicted molar refractivity (Wildman–Crippen MR) is 68.7 cm³/mol. The zero-order valence-electron chi connectivity index (χ0n) is 10.4. The molecule has 0 atom stereocenters. The van der Waals surface area contributed by atoms with E-state index in [1.807, 2.05) is 39.0 Å². The number of halogens is 1. The molecule has 1 aliphatic heterocycles. The van der Waals surface area contributed by atoms with Crippen molar-refractivity contribution in [2.24, 2.45) is 0 Å². The van der Waals surface area contributed by atoms with Crippen molar-refractivity contribution in [2.75, 3.05) is 0 Å². The van der Waals surface area contributed by atoms with Crippen molar-refractivity contribution in [1.29, 1.82) is 0 Å². The van der Waals surface area contributed by atoms with Crippen LogP contribution in [0.3, 0.4) is 0 Å². The summed E-state index contributed by atoms with van der Waals surface area (Å²) in [6.07, 6.45) is 0. The van der Waals surface area contributed by atoms with E-state index in [0.717, 1.165) is 28.3 Å². The van der Waals surface area contributed by atoms with E-state index in [2.05, 4.69) is 15.2 Å². The summed E-state index contributed by atoms with van der Waals surface area (Å²) in [5.74, 6) is 0.802. The van der Waals surface area contributed by atoms with Crippen LogP contribution in [0.1, 0.15) is 25.1 Å². The molecule has 0 saturated carbocycles. The van der Waals surface area contributed by atoms with Crippen LogP contribution < -0.4 is 4.74 Å². The fourth-order valence-electron chi connectivity index (χ4n) is 2.15. The second-order valence-electron chi connectivity index (χ2n) is 4.89. The van der Waals surface area contributed by atoms with E-state index in [4.69, 9.17) is 16.3 Å². The van der Waals surface area contributed by atoms with Gasteiger partial charge >= 0.3 is 0 Å². The monoisotopic (exact) mass is 261 g/mol. The molecule has 0 fully saturated rings. The molecule has 0 N–H and O–H groups in total. The number of aryl methyl sites for hydroxylation is 1. The molecule has 92 valence electrons. The quantitative estimate of drug-likeness (QED) is 0.731. The van der Waals surface area contributed by atoms with Gasteiger partial charge in [-0.1, -0.05) is 11.6 Å². The van der Waals surface area contributed by atoms with Crippen molar-refractivity contribution in [2.45, 2.75) is 26.4 Å². The zero-order valence-corrected chi connectivity index (χ0v) is 11.1. The van der Waals surface area contributed by atoms with Gasteiger partial charge in [0, 0.05) is 5.56 Å². The van der Waals surface area contributed by atoms with Crippen LogP contribution in [0.4, 0.5) is 0 Å². The molecule has 2 aromatic rings. The Hall–Kier alpha value is -1.68. The Bertz CT molecular complexity index is 640. The molecule has 18 heavy (non-hydrogen) atoms. The van der Waals surface area contributed by atoms with Gasteiger partial charge in [-0.05, 0) is 44.5 Å². The van der Waals surface area contributed by atoms with E-state index in [1.165, 1.54) is 0 Å². The number of hydrogen-bond acceptors (Lipinski definition) is 4. The third-order valence-electron chi connectivity index (χ3n) is 2.99. The van der Waals surface area contributed by atoms with E-state index in [0.29, 0.717) is 0 Å². The normalized spacial score (nSPS) is 15.6. The maximum absolute atomic E-state index is 5.97. The maximum Gasteiger partial charge on any atom is 0.243 e. The maximum atomic E-state index is 5.97. The molecule has 0 unspecified atom stereocenters. The number of aromatic nitrogens is 3. The van der Waals surface area contributed by atoms with Gasteiger partial charge in [-0.2, -0.15) is 0 Å². The van der Waals surface area contributed by atoms with Crippen molar-refractivity contribution in [3.8, 4) is 17.0 Å². The lowest BCUT2D eigenvalue weighted by Gasteiger charge is -2.32. The molecule has 1 aromatic carbocycles. The van der Waals surface area contributed by atoms with E-state index in [1.54, 1.807) is 0 Å². The summed E-state index contributed by atoms with van der Waals surface area (Å²) in [6.45, 7) is 5.91. The SMILES string of the molecule is Cc1ccc2c(c1)-c1nnc(Cl)nc1C(C)(C)O2. The van der Waals surface area contributed by atoms with Crippen LogP contribution in [0.5, 0.6) is 5.75 Å². The van der Waals surface area contributed by atoms with Crippen LogP contribution in [0.2, 0.25) is 5.28 Å². The lowest BCUT2D eigenvalue weighted by molar-refractivity contribution is 0.0995. The number of benzene rings is 1. The highest BCUT2D eigenvalue weighted by Gasteiger charge is 2.35. The standard InChI is InChI=1S/C13H12ClN3O/c1-7-4-5-9-8(6-7)10-11(13(2,3)18-9)15-12(14)17-16-10/h4-6H,1-3H3. The Morgan fingerprint density at radius 2 is 2.00 bits per heavy atom. The van der Waals surface area contributed by atoms with Gasteiger partial charge in [0.1, 0.15) is 22.7 Å². The number of nitrogens with zero attached hydrogens (tertiary/aromatic N) is 3. The smallest absolute Gasteiger partial charge is 0.243 e. The van der Waals surface area contributed by atoms with Crippen LogP contribution in [0, 0.1) is 6.92 Å². The second kappa shape index (κ2) is 3.65. The molecule has 0 aliphatic carbocycles. The minimum Gasteiger partial charge on any atom is -0.481 e. The van der Waals surface area contributed by atoms with Gasteiger partial charge in [0.15, 0.2) is 0 Å². The Kier molecular flexibility index (Phi) is 2.32. The lowest BCUT2D eigenvalue weighted by atomic mass is 9.94. The lowest BCUT2D eigenvalue weighted by Crippen LogP contribution is -2.31. The van der Waals surface area contributed by atoms with E-state index >= 15 is 0 Å². The van der Waals surface area contributed by atoms with Gasteiger partial charge in [-0.15, -0.1) is 10.2 Å². The summed E-state index contributed by atoms with van der Waals surface area (Å²) < 4.78 is 5.97. The van der Waals surface area contributed by atoms with Gasteiger partial charge < -0.3 is 4.74 Å². The summed E-state index contributed by atoms with van der Waals surface area (Å²) in [5, 5.41) is 8.15. The highest BCUT2D eigenvalue weighted by atomic mass is 35.5. The van der Waals surface area contributed by atoms with Crippen LogP contribution in [0.25, 0.3) is 11.3 Å². The average Bonchev–Trinajstić information content (AvgIpc) is 2.30. The highest BCUT2D eigenvalue weighted by Crippen LogP contribution is 2.43.